The molecule has 0 radical (unpaired) electrons. The van der Waals surface area contributed by atoms with Gasteiger partial charge in [-0.25, -0.2) is 4.39 Å². The number of fused-ring (bicyclic) bond motifs is 1. The minimum absolute atomic E-state index is 0.0155. The molecule has 1 heterocycles. The van der Waals surface area contributed by atoms with Gasteiger partial charge in [-0.1, -0.05) is 54.8 Å². The van der Waals surface area contributed by atoms with Crippen molar-refractivity contribution in [3.63, 3.8) is 0 Å². The normalized spacial score (nSPS) is 22.3. The van der Waals surface area contributed by atoms with Crippen LogP contribution in [0, 0.1) is 5.82 Å². The van der Waals surface area contributed by atoms with Gasteiger partial charge in [0.15, 0.2) is 0 Å². The maximum Gasteiger partial charge on any atom is 0.261 e. The second-order valence-electron chi connectivity index (χ2n) is 7.87. The summed E-state index contributed by atoms with van der Waals surface area (Å²) in [6.45, 7) is 0.313. The first kappa shape index (κ1) is 21.9. The number of halogens is 2. The van der Waals surface area contributed by atoms with Crippen molar-refractivity contribution in [2.75, 3.05) is 6.54 Å². The number of rotatable bonds is 5. The van der Waals surface area contributed by atoms with Crippen LogP contribution < -0.4 is 5.32 Å². The van der Waals surface area contributed by atoms with Crippen LogP contribution in [0.2, 0.25) is 5.02 Å². The van der Waals surface area contributed by atoms with Gasteiger partial charge in [-0.15, -0.1) is 11.8 Å². The Labute approximate surface area is 190 Å². The van der Waals surface area contributed by atoms with E-state index >= 15 is 0 Å². The molecule has 31 heavy (non-hydrogen) atoms. The molecular weight excluding hydrogens is 435 g/mol. The van der Waals surface area contributed by atoms with Crippen LogP contribution in [0.1, 0.15) is 36.8 Å². The lowest BCUT2D eigenvalue weighted by Gasteiger charge is -2.43. The molecule has 2 unspecified atom stereocenters. The van der Waals surface area contributed by atoms with E-state index in [1.165, 1.54) is 12.1 Å². The van der Waals surface area contributed by atoms with Crippen LogP contribution in [-0.4, -0.2) is 34.6 Å². The number of nitrogens with zero attached hydrogens (tertiary/aromatic N) is 1. The lowest BCUT2D eigenvalue weighted by molar-refractivity contribution is -0.135. The predicted octanol–water partition coefficient (Wildman–Crippen LogP) is 5.02. The molecule has 1 N–H and O–H groups in total. The lowest BCUT2D eigenvalue weighted by Crippen LogP contribution is -2.54. The van der Waals surface area contributed by atoms with E-state index in [2.05, 4.69) is 5.32 Å². The van der Waals surface area contributed by atoms with Crippen molar-refractivity contribution in [2.45, 2.75) is 43.5 Å². The molecule has 1 aliphatic heterocycles. The average Bonchev–Trinajstić information content (AvgIpc) is 2.77. The quantitative estimate of drug-likeness (QED) is 0.640. The number of hydrogen-bond acceptors (Lipinski definition) is 3. The lowest BCUT2D eigenvalue weighted by atomic mass is 9.93. The third-order valence-corrected chi connectivity index (χ3v) is 7.47. The Bertz CT molecular complexity index is 995. The first-order valence-corrected chi connectivity index (χ1v) is 11.7. The number of hydrogen-bond donors (Lipinski definition) is 1. The van der Waals surface area contributed by atoms with E-state index in [9.17, 15) is 14.0 Å². The minimum atomic E-state index is -0.312. The van der Waals surface area contributed by atoms with Crippen LogP contribution in [0.15, 0.2) is 53.4 Å². The molecule has 2 aromatic carbocycles. The number of nitrogens with one attached hydrogen (secondary N) is 1. The highest BCUT2D eigenvalue weighted by atomic mass is 35.5. The molecule has 162 valence electrons. The number of thioether (sulfide) groups is 1. The summed E-state index contributed by atoms with van der Waals surface area (Å²) in [5.74, 6) is -0.649. The van der Waals surface area contributed by atoms with Gasteiger partial charge in [0.05, 0.1) is 4.91 Å². The van der Waals surface area contributed by atoms with Crippen LogP contribution in [-0.2, 0) is 16.1 Å². The van der Waals surface area contributed by atoms with E-state index < -0.39 is 0 Å². The van der Waals surface area contributed by atoms with Crippen LogP contribution in [0.25, 0.3) is 6.08 Å². The van der Waals surface area contributed by atoms with Crippen molar-refractivity contribution in [1.82, 2.24) is 10.2 Å². The van der Waals surface area contributed by atoms with Gasteiger partial charge in [0.25, 0.3) is 5.91 Å². The Hall–Kier alpha value is -2.31. The Balaban J connectivity index is 1.49. The highest BCUT2D eigenvalue weighted by Crippen LogP contribution is 2.42. The third-order valence-electron chi connectivity index (χ3n) is 5.73. The number of carbonyl (C=O) groups excluding carboxylic acids is 2. The van der Waals surface area contributed by atoms with Gasteiger partial charge in [-0.3, -0.25) is 9.59 Å². The second kappa shape index (κ2) is 9.88. The van der Waals surface area contributed by atoms with E-state index in [0.717, 1.165) is 36.8 Å². The molecule has 4 rings (SSSR count). The predicted molar refractivity (Wildman–Crippen MR) is 123 cm³/mol. The summed E-state index contributed by atoms with van der Waals surface area (Å²) in [5.41, 5.74) is 1.61. The van der Waals surface area contributed by atoms with Gasteiger partial charge in [0, 0.05) is 22.9 Å². The van der Waals surface area contributed by atoms with Gasteiger partial charge in [-0.05, 0) is 48.2 Å². The van der Waals surface area contributed by atoms with E-state index in [-0.39, 0.29) is 35.5 Å². The molecule has 0 spiro atoms. The Morgan fingerprint density at radius 2 is 1.90 bits per heavy atom. The summed E-state index contributed by atoms with van der Waals surface area (Å²) in [5, 5.41) is 3.73. The van der Waals surface area contributed by atoms with E-state index in [4.69, 9.17) is 11.6 Å². The topological polar surface area (TPSA) is 49.4 Å². The van der Waals surface area contributed by atoms with Crippen molar-refractivity contribution < 1.29 is 14.0 Å². The summed E-state index contributed by atoms with van der Waals surface area (Å²) < 4.78 is 13.1. The van der Waals surface area contributed by atoms with Crippen molar-refractivity contribution in [1.29, 1.82) is 0 Å². The monoisotopic (exact) mass is 458 g/mol. The molecule has 0 aromatic heterocycles. The van der Waals surface area contributed by atoms with Crippen molar-refractivity contribution in [3.05, 3.63) is 75.4 Å². The molecule has 0 bridgehead atoms. The van der Waals surface area contributed by atoms with Crippen LogP contribution >= 0.6 is 23.4 Å². The molecule has 2 amide bonds. The fraction of sp³-hybridized carbons (Fsp3) is 0.333. The zero-order chi connectivity index (χ0) is 21.8. The number of amides is 2. The number of benzene rings is 2. The molecule has 7 heteroatoms. The van der Waals surface area contributed by atoms with E-state index in [0.29, 0.717) is 16.5 Å². The number of carbonyl (C=O) groups is 2. The van der Waals surface area contributed by atoms with Crippen molar-refractivity contribution in [3.8, 4) is 0 Å². The van der Waals surface area contributed by atoms with Crippen LogP contribution in [0.5, 0.6) is 0 Å². The summed E-state index contributed by atoms with van der Waals surface area (Å²) in [6.07, 6.45) is 5.96. The van der Waals surface area contributed by atoms with Gasteiger partial charge in [0.2, 0.25) is 5.91 Å². The smallest absolute Gasteiger partial charge is 0.261 e. The average molecular weight is 459 g/mol. The molecule has 2 aliphatic rings. The van der Waals surface area contributed by atoms with Gasteiger partial charge in [0.1, 0.15) is 12.4 Å². The molecule has 4 nitrogen and oxygen atoms in total. The summed E-state index contributed by atoms with van der Waals surface area (Å²) in [4.78, 5) is 28.3. The van der Waals surface area contributed by atoms with Gasteiger partial charge in [-0.2, -0.15) is 0 Å². The Morgan fingerprint density at radius 3 is 2.68 bits per heavy atom. The molecule has 2 fully saturated rings. The van der Waals surface area contributed by atoms with Crippen molar-refractivity contribution >= 4 is 41.3 Å². The van der Waals surface area contributed by atoms with E-state index in [1.807, 2.05) is 24.3 Å². The van der Waals surface area contributed by atoms with Crippen molar-refractivity contribution in [2.24, 2.45) is 0 Å². The SMILES string of the molecule is O=C(CN1C(=O)/C(=C\c2ccccc2Cl)SC2CCCCC21)NCc1ccc(F)cc1. The molecule has 2 aromatic rings. The zero-order valence-corrected chi connectivity index (χ0v) is 18.6. The standard InChI is InChI=1S/C24H24ClFN2O2S/c25-19-6-2-1-5-17(19)13-22-24(30)28(20-7-3-4-8-21(20)31-22)15-23(29)27-14-16-9-11-18(26)12-10-16/h1-2,5-6,9-13,20-21H,3-4,7-8,14-15H2,(H,27,29)/b22-13+. The summed E-state index contributed by atoms with van der Waals surface area (Å²) >= 11 is 7.91. The largest absolute Gasteiger partial charge is 0.350 e. The molecule has 1 aliphatic carbocycles. The second-order valence-corrected chi connectivity index (χ2v) is 9.56. The molecule has 2 atom stereocenters. The highest BCUT2D eigenvalue weighted by Gasteiger charge is 2.41. The van der Waals surface area contributed by atoms with Crippen LogP contribution in [0.3, 0.4) is 0 Å². The summed E-state index contributed by atoms with van der Waals surface area (Å²) in [6, 6.07) is 13.5. The van der Waals surface area contributed by atoms with E-state index in [1.54, 1.807) is 34.9 Å². The fourth-order valence-electron chi connectivity index (χ4n) is 4.11. The Morgan fingerprint density at radius 1 is 1.16 bits per heavy atom. The molecular formula is C24H24ClFN2O2S. The maximum absolute atomic E-state index is 13.3. The highest BCUT2D eigenvalue weighted by molar-refractivity contribution is 8.04. The summed E-state index contributed by atoms with van der Waals surface area (Å²) in [7, 11) is 0. The minimum Gasteiger partial charge on any atom is -0.350 e. The molecule has 1 saturated heterocycles. The first-order valence-electron chi connectivity index (χ1n) is 10.5. The maximum atomic E-state index is 13.3. The fourth-order valence-corrected chi connectivity index (χ4v) is 5.76. The van der Waals surface area contributed by atoms with Gasteiger partial charge < -0.3 is 10.2 Å². The third kappa shape index (κ3) is 5.31. The Kier molecular flexibility index (Phi) is 6.98. The van der Waals surface area contributed by atoms with Gasteiger partial charge >= 0.3 is 0 Å². The zero-order valence-electron chi connectivity index (χ0n) is 17.0. The van der Waals surface area contributed by atoms with Crippen LogP contribution in [0.4, 0.5) is 4.39 Å². The molecule has 1 saturated carbocycles. The first-order chi connectivity index (χ1) is 15.0.